The van der Waals surface area contributed by atoms with E-state index in [-0.39, 0.29) is 16.6 Å². The van der Waals surface area contributed by atoms with Crippen LogP contribution in [0.2, 0.25) is 0 Å². The van der Waals surface area contributed by atoms with Crippen LogP contribution >= 0.6 is 0 Å². The second-order valence-electron chi connectivity index (χ2n) is 9.65. The summed E-state index contributed by atoms with van der Waals surface area (Å²) in [6, 6.07) is 10.0. The predicted octanol–water partition coefficient (Wildman–Crippen LogP) is 4.85. The highest BCUT2D eigenvalue weighted by Crippen LogP contribution is 2.23. The SMILES string of the molecule is CC(C)(C)n1ccc2cccc(Cc3cnc4c(ccn4C(C)(C)C)n3)c2c1=O. The fourth-order valence-electron chi connectivity index (χ4n) is 3.81. The van der Waals surface area contributed by atoms with Gasteiger partial charge in [-0.2, -0.15) is 0 Å². The molecule has 0 aliphatic heterocycles. The molecule has 4 rings (SSSR count). The van der Waals surface area contributed by atoms with Crippen LogP contribution in [0.1, 0.15) is 52.8 Å². The maximum atomic E-state index is 13.2. The minimum Gasteiger partial charge on any atom is -0.326 e. The summed E-state index contributed by atoms with van der Waals surface area (Å²) in [7, 11) is 0. The fourth-order valence-corrected chi connectivity index (χ4v) is 3.81. The standard InChI is InChI=1S/C24H28N4O/c1-23(2,3)27-13-11-19-21(27)25-15-18(26-19)14-17-9-7-8-16-10-12-28(24(4,5)6)22(29)20(16)17/h7-13,15H,14H2,1-6H3. The molecule has 0 saturated carbocycles. The van der Waals surface area contributed by atoms with Gasteiger partial charge in [0.15, 0.2) is 5.65 Å². The van der Waals surface area contributed by atoms with Crippen molar-refractivity contribution in [1.29, 1.82) is 0 Å². The van der Waals surface area contributed by atoms with Crippen molar-refractivity contribution in [2.45, 2.75) is 59.0 Å². The molecule has 0 fully saturated rings. The normalized spacial score (nSPS) is 12.8. The summed E-state index contributed by atoms with van der Waals surface area (Å²) >= 11 is 0. The molecule has 0 atom stereocenters. The topological polar surface area (TPSA) is 52.7 Å². The van der Waals surface area contributed by atoms with Crippen LogP contribution in [-0.2, 0) is 17.5 Å². The first kappa shape index (κ1) is 19.4. The fraction of sp³-hybridized carbons (Fsp3) is 0.375. The second kappa shape index (κ2) is 6.55. The van der Waals surface area contributed by atoms with Crippen LogP contribution in [0.15, 0.2) is 53.7 Å². The van der Waals surface area contributed by atoms with Crippen LogP contribution in [0.5, 0.6) is 0 Å². The first-order chi connectivity index (χ1) is 13.6. The summed E-state index contributed by atoms with van der Waals surface area (Å²) in [5.74, 6) is 0. The van der Waals surface area contributed by atoms with Crippen molar-refractivity contribution < 1.29 is 0 Å². The van der Waals surface area contributed by atoms with Crippen molar-refractivity contribution in [3.05, 3.63) is 70.5 Å². The molecule has 3 heterocycles. The van der Waals surface area contributed by atoms with Crippen molar-refractivity contribution >= 4 is 21.9 Å². The van der Waals surface area contributed by atoms with Crippen LogP contribution < -0.4 is 5.56 Å². The van der Waals surface area contributed by atoms with Gasteiger partial charge in [-0.05, 0) is 64.6 Å². The largest absolute Gasteiger partial charge is 0.326 e. The van der Waals surface area contributed by atoms with Crippen LogP contribution in [0.25, 0.3) is 21.9 Å². The summed E-state index contributed by atoms with van der Waals surface area (Å²) in [5.41, 5.74) is 3.33. The first-order valence-corrected chi connectivity index (χ1v) is 10.0. The first-order valence-electron chi connectivity index (χ1n) is 10.0. The van der Waals surface area contributed by atoms with E-state index in [2.05, 4.69) is 30.3 Å². The Bertz CT molecular complexity index is 1270. The molecule has 0 unspecified atom stereocenters. The minimum absolute atomic E-state index is 0.0403. The Hall–Kier alpha value is -2.95. The van der Waals surface area contributed by atoms with E-state index in [1.165, 1.54) is 0 Å². The highest BCUT2D eigenvalue weighted by atomic mass is 16.1. The van der Waals surface area contributed by atoms with E-state index >= 15 is 0 Å². The molecular weight excluding hydrogens is 360 g/mol. The van der Waals surface area contributed by atoms with Crippen molar-refractivity contribution in [3.8, 4) is 0 Å². The number of aromatic nitrogens is 4. The lowest BCUT2D eigenvalue weighted by molar-refractivity contribution is 0.386. The molecule has 0 saturated heterocycles. The molecule has 3 aromatic heterocycles. The summed E-state index contributed by atoms with van der Waals surface area (Å²) in [4.78, 5) is 22.7. The van der Waals surface area contributed by atoms with Gasteiger partial charge in [-0.1, -0.05) is 18.2 Å². The number of fused-ring (bicyclic) bond motifs is 2. The van der Waals surface area contributed by atoms with Gasteiger partial charge in [0.2, 0.25) is 0 Å². The number of rotatable bonds is 2. The highest BCUT2D eigenvalue weighted by Gasteiger charge is 2.19. The van der Waals surface area contributed by atoms with Gasteiger partial charge >= 0.3 is 0 Å². The Morgan fingerprint density at radius 1 is 0.897 bits per heavy atom. The molecule has 5 nitrogen and oxygen atoms in total. The summed E-state index contributed by atoms with van der Waals surface area (Å²) < 4.78 is 3.94. The number of hydrogen-bond acceptors (Lipinski definition) is 3. The van der Waals surface area contributed by atoms with E-state index in [1.807, 2.05) is 69.7 Å². The second-order valence-corrected chi connectivity index (χ2v) is 9.65. The zero-order valence-electron chi connectivity index (χ0n) is 18.0. The van der Waals surface area contributed by atoms with Gasteiger partial charge in [0.1, 0.15) is 5.52 Å². The number of nitrogens with zero attached hydrogens (tertiary/aromatic N) is 4. The molecule has 0 N–H and O–H groups in total. The van der Waals surface area contributed by atoms with Gasteiger partial charge in [0.25, 0.3) is 5.56 Å². The van der Waals surface area contributed by atoms with Crippen LogP contribution in [0.3, 0.4) is 0 Å². The predicted molar refractivity (Wildman–Crippen MR) is 119 cm³/mol. The molecule has 150 valence electrons. The molecule has 0 bridgehead atoms. The Labute approximate surface area is 171 Å². The van der Waals surface area contributed by atoms with E-state index in [0.29, 0.717) is 6.42 Å². The Morgan fingerprint density at radius 3 is 2.28 bits per heavy atom. The lowest BCUT2D eigenvalue weighted by Gasteiger charge is -2.23. The maximum Gasteiger partial charge on any atom is 0.259 e. The molecule has 0 aliphatic rings. The Balaban J connectivity index is 1.81. The average Bonchev–Trinajstić information content (AvgIpc) is 3.04. The number of pyridine rings is 1. The van der Waals surface area contributed by atoms with E-state index in [4.69, 9.17) is 4.98 Å². The van der Waals surface area contributed by atoms with Crippen molar-refractivity contribution in [1.82, 2.24) is 19.1 Å². The third kappa shape index (κ3) is 3.46. The van der Waals surface area contributed by atoms with Gasteiger partial charge in [0, 0.05) is 29.9 Å². The third-order valence-electron chi connectivity index (χ3n) is 5.27. The molecule has 4 aromatic rings. The Morgan fingerprint density at radius 2 is 1.59 bits per heavy atom. The van der Waals surface area contributed by atoms with Crippen LogP contribution in [-0.4, -0.2) is 19.1 Å². The number of hydrogen-bond donors (Lipinski definition) is 0. The zero-order valence-corrected chi connectivity index (χ0v) is 18.0. The van der Waals surface area contributed by atoms with E-state index in [0.717, 1.165) is 33.2 Å². The molecule has 1 aromatic carbocycles. The molecule has 0 amide bonds. The average molecular weight is 389 g/mol. The smallest absolute Gasteiger partial charge is 0.259 e. The van der Waals surface area contributed by atoms with E-state index in [1.54, 1.807) is 4.57 Å². The van der Waals surface area contributed by atoms with E-state index in [9.17, 15) is 4.79 Å². The maximum absolute atomic E-state index is 13.2. The molecule has 5 heteroatoms. The van der Waals surface area contributed by atoms with E-state index < -0.39 is 0 Å². The highest BCUT2D eigenvalue weighted by molar-refractivity contribution is 5.85. The lowest BCUT2D eigenvalue weighted by atomic mass is 10.0. The van der Waals surface area contributed by atoms with Gasteiger partial charge in [-0.15, -0.1) is 0 Å². The number of benzene rings is 1. The molecule has 0 spiro atoms. The van der Waals surface area contributed by atoms with Crippen molar-refractivity contribution in [3.63, 3.8) is 0 Å². The molecular formula is C24H28N4O. The quantitative estimate of drug-likeness (QED) is 0.493. The van der Waals surface area contributed by atoms with Crippen LogP contribution in [0.4, 0.5) is 0 Å². The summed E-state index contributed by atoms with van der Waals surface area (Å²) in [5, 5.41) is 1.72. The van der Waals surface area contributed by atoms with Gasteiger partial charge in [-0.3, -0.25) is 4.79 Å². The van der Waals surface area contributed by atoms with Gasteiger partial charge < -0.3 is 9.13 Å². The van der Waals surface area contributed by atoms with Gasteiger partial charge in [-0.25, -0.2) is 9.97 Å². The van der Waals surface area contributed by atoms with Crippen LogP contribution in [0, 0.1) is 0 Å². The summed E-state index contributed by atoms with van der Waals surface area (Å²) in [6.45, 7) is 12.6. The van der Waals surface area contributed by atoms with Crippen molar-refractivity contribution in [2.24, 2.45) is 0 Å². The molecule has 0 radical (unpaired) electrons. The minimum atomic E-state index is -0.271. The zero-order chi connectivity index (χ0) is 21.0. The summed E-state index contributed by atoms with van der Waals surface area (Å²) in [6.07, 6.45) is 6.32. The monoisotopic (exact) mass is 388 g/mol. The molecule has 29 heavy (non-hydrogen) atoms. The lowest BCUT2D eigenvalue weighted by Crippen LogP contribution is -2.33. The van der Waals surface area contributed by atoms with Gasteiger partial charge in [0.05, 0.1) is 17.3 Å². The Kier molecular flexibility index (Phi) is 4.37. The third-order valence-corrected chi connectivity index (χ3v) is 5.27. The molecule has 0 aliphatic carbocycles. The van der Waals surface area contributed by atoms with Crippen molar-refractivity contribution in [2.75, 3.05) is 0 Å².